The molecular weight excluding hydrogens is 401 g/mol. The summed E-state index contributed by atoms with van der Waals surface area (Å²) in [4.78, 5) is 16.2. The molecule has 0 amide bonds. The number of furan rings is 1. The second-order valence-electron chi connectivity index (χ2n) is 5.56. The third kappa shape index (κ3) is 3.36. The van der Waals surface area contributed by atoms with E-state index < -0.39 is 11.8 Å². The van der Waals surface area contributed by atoms with Crippen LogP contribution in [0.4, 0.5) is 4.39 Å². The lowest BCUT2D eigenvalue weighted by Gasteiger charge is -1.98. The number of aliphatic imine (C=N–C) groups is 1. The Morgan fingerprint density at radius 2 is 1.81 bits per heavy atom. The average molecular weight is 412 g/mol. The summed E-state index contributed by atoms with van der Waals surface area (Å²) < 4.78 is 25.2. The Hall–Kier alpha value is -2.99. The number of esters is 1. The van der Waals surface area contributed by atoms with Crippen LogP contribution in [-0.2, 0) is 9.53 Å². The standard InChI is InChI=1S/C20H11BrFNO3/c21-14-6-4-12(5-7-14)18-9-8-16(25-18)11-17-20(24)26-19(23-17)13-2-1-3-15(22)10-13/h1-11H/b17-11-. The molecule has 6 heteroatoms. The lowest BCUT2D eigenvalue weighted by Crippen LogP contribution is -2.05. The van der Waals surface area contributed by atoms with E-state index >= 15 is 0 Å². The van der Waals surface area contributed by atoms with E-state index in [9.17, 15) is 9.18 Å². The highest BCUT2D eigenvalue weighted by molar-refractivity contribution is 9.10. The predicted molar refractivity (Wildman–Crippen MR) is 98.9 cm³/mol. The summed E-state index contributed by atoms with van der Waals surface area (Å²) in [6, 6.07) is 16.9. The largest absolute Gasteiger partial charge is 0.457 e. The Balaban J connectivity index is 1.62. The van der Waals surface area contributed by atoms with E-state index in [2.05, 4.69) is 20.9 Å². The summed E-state index contributed by atoms with van der Waals surface area (Å²) in [5.41, 5.74) is 1.41. The first-order chi connectivity index (χ1) is 12.6. The van der Waals surface area contributed by atoms with Gasteiger partial charge in [0.15, 0.2) is 5.70 Å². The fourth-order valence-electron chi connectivity index (χ4n) is 2.49. The Bertz CT molecular complexity index is 1050. The minimum absolute atomic E-state index is 0.0699. The van der Waals surface area contributed by atoms with Gasteiger partial charge in [0.1, 0.15) is 17.3 Å². The first-order valence-electron chi connectivity index (χ1n) is 7.73. The molecule has 0 aliphatic carbocycles. The third-order valence-corrected chi connectivity index (χ3v) is 4.26. The molecule has 1 aliphatic heterocycles. The van der Waals surface area contributed by atoms with Crippen molar-refractivity contribution in [3.05, 3.63) is 88.0 Å². The van der Waals surface area contributed by atoms with Gasteiger partial charge in [0.05, 0.1) is 0 Å². The van der Waals surface area contributed by atoms with Gasteiger partial charge in [0.25, 0.3) is 0 Å². The van der Waals surface area contributed by atoms with Crippen LogP contribution in [0.3, 0.4) is 0 Å². The van der Waals surface area contributed by atoms with Crippen molar-refractivity contribution in [1.29, 1.82) is 0 Å². The van der Waals surface area contributed by atoms with Crippen LogP contribution in [0.1, 0.15) is 11.3 Å². The number of halogens is 2. The molecule has 0 atom stereocenters. The summed E-state index contributed by atoms with van der Waals surface area (Å²) in [7, 11) is 0. The molecule has 4 rings (SSSR count). The van der Waals surface area contributed by atoms with Crippen molar-refractivity contribution >= 4 is 33.9 Å². The molecule has 0 N–H and O–H groups in total. The molecule has 0 bridgehead atoms. The number of hydrogen-bond acceptors (Lipinski definition) is 4. The fourth-order valence-corrected chi connectivity index (χ4v) is 2.75. The first-order valence-corrected chi connectivity index (χ1v) is 8.52. The number of carbonyl (C=O) groups excluding carboxylic acids is 1. The van der Waals surface area contributed by atoms with Crippen molar-refractivity contribution in [1.82, 2.24) is 0 Å². The van der Waals surface area contributed by atoms with Gasteiger partial charge in [-0.1, -0.05) is 34.1 Å². The van der Waals surface area contributed by atoms with Crippen molar-refractivity contribution in [2.45, 2.75) is 0 Å². The van der Waals surface area contributed by atoms with E-state index in [1.54, 1.807) is 12.1 Å². The van der Waals surface area contributed by atoms with E-state index in [-0.39, 0.29) is 11.6 Å². The predicted octanol–water partition coefficient (Wildman–Crippen LogP) is 5.19. The minimum atomic E-state index is -0.606. The average Bonchev–Trinajstić information content (AvgIpc) is 3.23. The summed E-state index contributed by atoms with van der Waals surface area (Å²) in [5.74, 6) is 0.180. The van der Waals surface area contributed by atoms with Gasteiger partial charge >= 0.3 is 5.97 Å². The highest BCUT2D eigenvalue weighted by Crippen LogP contribution is 2.26. The molecular formula is C20H11BrFNO3. The van der Waals surface area contributed by atoms with Crippen LogP contribution in [-0.4, -0.2) is 11.9 Å². The van der Waals surface area contributed by atoms with E-state index in [1.165, 1.54) is 24.3 Å². The summed E-state index contributed by atoms with van der Waals surface area (Å²) >= 11 is 3.39. The van der Waals surface area contributed by atoms with Gasteiger partial charge in [-0.3, -0.25) is 0 Å². The van der Waals surface area contributed by atoms with Crippen LogP contribution < -0.4 is 0 Å². The summed E-state index contributed by atoms with van der Waals surface area (Å²) in [6.07, 6.45) is 1.50. The van der Waals surface area contributed by atoms with Crippen molar-refractivity contribution in [2.75, 3.05) is 0 Å². The highest BCUT2D eigenvalue weighted by Gasteiger charge is 2.24. The molecule has 128 valence electrons. The molecule has 2 aromatic carbocycles. The van der Waals surface area contributed by atoms with Gasteiger partial charge in [0, 0.05) is 21.7 Å². The summed E-state index contributed by atoms with van der Waals surface area (Å²) in [5, 5.41) is 0. The van der Waals surface area contributed by atoms with Gasteiger partial charge in [-0.25, -0.2) is 14.2 Å². The number of nitrogens with zero attached hydrogens (tertiary/aromatic N) is 1. The molecule has 0 saturated carbocycles. The molecule has 0 unspecified atom stereocenters. The molecule has 0 fully saturated rings. The van der Waals surface area contributed by atoms with Crippen molar-refractivity contribution < 1.29 is 18.3 Å². The van der Waals surface area contributed by atoms with Gasteiger partial charge in [-0.05, 0) is 42.5 Å². The molecule has 0 spiro atoms. The van der Waals surface area contributed by atoms with Crippen LogP contribution in [0, 0.1) is 5.82 Å². The second-order valence-corrected chi connectivity index (χ2v) is 6.47. The van der Waals surface area contributed by atoms with Gasteiger partial charge in [-0.2, -0.15) is 0 Å². The first kappa shape index (κ1) is 16.5. The SMILES string of the molecule is O=C1OC(c2cccc(F)c2)=N/C1=C\c1ccc(-c2ccc(Br)cc2)o1. The third-order valence-electron chi connectivity index (χ3n) is 3.73. The highest BCUT2D eigenvalue weighted by atomic mass is 79.9. The lowest BCUT2D eigenvalue weighted by molar-refractivity contribution is -0.129. The van der Waals surface area contributed by atoms with E-state index in [1.807, 2.05) is 30.3 Å². The van der Waals surface area contributed by atoms with Crippen LogP contribution in [0.25, 0.3) is 17.4 Å². The molecule has 1 aliphatic rings. The Kier molecular flexibility index (Phi) is 4.26. The zero-order chi connectivity index (χ0) is 18.1. The zero-order valence-corrected chi connectivity index (χ0v) is 14.9. The molecule has 0 radical (unpaired) electrons. The zero-order valence-electron chi connectivity index (χ0n) is 13.3. The number of rotatable bonds is 3. The van der Waals surface area contributed by atoms with E-state index in [4.69, 9.17) is 9.15 Å². The second kappa shape index (κ2) is 6.72. The smallest absolute Gasteiger partial charge is 0.363 e. The van der Waals surface area contributed by atoms with Crippen molar-refractivity contribution in [2.24, 2.45) is 4.99 Å². The number of carbonyl (C=O) groups is 1. The van der Waals surface area contributed by atoms with Crippen LogP contribution in [0.15, 0.2) is 80.2 Å². The lowest BCUT2D eigenvalue weighted by atomic mass is 10.2. The Morgan fingerprint density at radius 3 is 2.58 bits per heavy atom. The quantitative estimate of drug-likeness (QED) is 0.439. The maximum atomic E-state index is 13.3. The number of benzene rings is 2. The van der Waals surface area contributed by atoms with Crippen LogP contribution >= 0.6 is 15.9 Å². The molecule has 4 nitrogen and oxygen atoms in total. The van der Waals surface area contributed by atoms with E-state index in [0.29, 0.717) is 17.1 Å². The normalized spacial score (nSPS) is 15.2. The number of hydrogen-bond donors (Lipinski definition) is 0. The molecule has 3 aromatic rings. The monoisotopic (exact) mass is 411 g/mol. The van der Waals surface area contributed by atoms with Gasteiger partial charge in [0.2, 0.25) is 5.90 Å². The number of ether oxygens (including phenoxy) is 1. The van der Waals surface area contributed by atoms with Gasteiger partial charge < -0.3 is 9.15 Å². The Labute approximate surface area is 156 Å². The van der Waals surface area contributed by atoms with Crippen molar-refractivity contribution in [3.63, 3.8) is 0 Å². The molecule has 2 heterocycles. The summed E-state index contributed by atoms with van der Waals surface area (Å²) in [6.45, 7) is 0. The maximum Gasteiger partial charge on any atom is 0.363 e. The topological polar surface area (TPSA) is 51.8 Å². The molecule has 1 aromatic heterocycles. The van der Waals surface area contributed by atoms with Gasteiger partial charge in [-0.15, -0.1) is 0 Å². The molecule has 0 saturated heterocycles. The molecule has 26 heavy (non-hydrogen) atoms. The fraction of sp³-hybridized carbons (Fsp3) is 0. The minimum Gasteiger partial charge on any atom is -0.457 e. The maximum absolute atomic E-state index is 13.3. The Morgan fingerprint density at radius 1 is 1.00 bits per heavy atom. The number of cyclic esters (lactones) is 1. The van der Waals surface area contributed by atoms with Crippen LogP contribution in [0.5, 0.6) is 0 Å². The van der Waals surface area contributed by atoms with E-state index in [0.717, 1.165) is 10.0 Å². The van der Waals surface area contributed by atoms with Crippen LogP contribution in [0.2, 0.25) is 0 Å². The van der Waals surface area contributed by atoms with Crippen molar-refractivity contribution in [3.8, 4) is 11.3 Å².